The largest absolute Gasteiger partial charge is 0.508 e. The van der Waals surface area contributed by atoms with E-state index in [0.717, 1.165) is 11.1 Å². The van der Waals surface area contributed by atoms with Crippen LogP contribution in [-0.2, 0) is 20.7 Å². The molecule has 6 heteroatoms. The Bertz CT molecular complexity index is 1050. The van der Waals surface area contributed by atoms with Gasteiger partial charge in [0.05, 0.1) is 17.2 Å². The summed E-state index contributed by atoms with van der Waals surface area (Å²) in [6, 6.07) is 10.2. The number of rotatable bonds is 5. The van der Waals surface area contributed by atoms with Crippen molar-refractivity contribution in [2.75, 3.05) is 13.7 Å². The summed E-state index contributed by atoms with van der Waals surface area (Å²) in [5.41, 5.74) is 2.29. The molecule has 3 unspecified atom stereocenters. The summed E-state index contributed by atoms with van der Waals surface area (Å²) < 4.78 is 25.2. The van der Waals surface area contributed by atoms with Crippen LogP contribution in [0.15, 0.2) is 42.2 Å². The summed E-state index contributed by atoms with van der Waals surface area (Å²) in [5.74, 6) is -0.907. The van der Waals surface area contributed by atoms with Crippen LogP contribution in [0.25, 0.3) is 16.7 Å². The number of halogens is 2. The fourth-order valence-corrected chi connectivity index (χ4v) is 4.64. The Morgan fingerprint density at radius 1 is 1.27 bits per heavy atom. The van der Waals surface area contributed by atoms with Crippen LogP contribution in [0.2, 0.25) is 5.02 Å². The molecular formula is C24H24ClFO4. The molecule has 1 N–H and O–H groups in total. The Morgan fingerprint density at radius 2 is 1.97 bits per heavy atom. The van der Waals surface area contributed by atoms with Crippen LogP contribution in [0.1, 0.15) is 31.4 Å². The molecule has 0 aromatic heterocycles. The molecule has 2 aliphatic heterocycles. The predicted octanol–water partition coefficient (Wildman–Crippen LogP) is 5.37. The topological polar surface area (TPSA) is 55.8 Å². The highest BCUT2D eigenvalue weighted by Gasteiger charge is 2.56. The summed E-state index contributed by atoms with van der Waals surface area (Å²) in [5, 5.41) is 11.3. The molecule has 0 saturated carbocycles. The van der Waals surface area contributed by atoms with Gasteiger partial charge in [-0.25, -0.2) is 4.39 Å². The molecule has 3 atom stereocenters. The summed E-state index contributed by atoms with van der Waals surface area (Å²) in [7, 11) is 1.60. The van der Waals surface area contributed by atoms with E-state index in [1.54, 1.807) is 13.2 Å². The quantitative estimate of drug-likeness (QED) is 0.692. The molecule has 2 aromatic carbocycles. The molecule has 0 aliphatic carbocycles. The number of benzene rings is 2. The molecule has 2 bridgehead atoms. The van der Waals surface area contributed by atoms with Gasteiger partial charge in [-0.1, -0.05) is 36.7 Å². The number of ketones is 1. The number of hydrogen-bond acceptors (Lipinski definition) is 4. The molecule has 4 nitrogen and oxygen atoms in total. The van der Waals surface area contributed by atoms with Gasteiger partial charge >= 0.3 is 0 Å². The van der Waals surface area contributed by atoms with Crippen LogP contribution >= 0.6 is 11.6 Å². The van der Waals surface area contributed by atoms with Crippen molar-refractivity contribution in [1.82, 2.24) is 0 Å². The molecule has 2 aromatic rings. The minimum Gasteiger partial charge on any atom is -0.508 e. The van der Waals surface area contributed by atoms with Crippen molar-refractivity contribution in [1.29, 1.82) is 0 Å². The van der Waals surface area contributed by atoms with E-state index in [0.29, 0.717) is 36.1 Å². The van der Waals surface area contributed by atoms with Gasteiger partial charge in [-0.15, -0.1) is 0 Å². The molecule has 0 amide bonds. The number of aliphatic hydroxyl groups excluding tert-OH is 1. The third-order valence-corrected chi connectivity index (χ3v) is 6.60. The van der Waals surface area contributed by atoms with Gasteiger partial charge in [0.2, 0.25) is 0 Å². The summed E-state index contributed by atoms with van der Waals surface area (Å²) in [4.78, 5) is 13.2. The van der Waals surface area contributed by atoms with Crippen molar-refractivity contribution in [2.24, 2.45) is 5.92 Å². The first-order valence-corrected chi connectivity index (χ1v) is 10.4. The Labute approximate surface area is 180 Å². The van der Waals surface area contributed by atoms with E-state index in [1.807, 2.05) is 32.0 Å². The highest BCUT2D eigenvalue weighted by atomic mass is 35.5. The summed E-state index contributed by atoms with van der Waals surface area (Å²) >= 11 is 5.82. The fraction of sp³-hybridized carbons (Fsp3) is 0.375. The zero-order valence-electron chi connectivity index (χ0n) is 17.2. The molecule has 0 spiro atoms. The second kappa shape index (κ2) is 7.80. The molecular weight excluding hydrogens is 407 g/mol. The number of Topliss-reactive ketones (excluding diaryl/α,β-unsaturated/α-hetero) is 1. The lowest BCUT2D eigenvalue weighted by atomic mass is 9.84. The van der Waals surface area contributed by atoms with Crippen molar-refractivity contribution in [3.8, 4) is 11.1 Å². The van der Waals surface area contributed by atoms with Crippen molar-refractivity contribution in [3.63, 3.8) is 0 Å². The first-order chi connectivity index (χ1) is 14.3. The molecule has 0 radical (unpaired) electrons. The molecule has 2 heterocycles. The summed E-state index contributed by atoms with van der Waals surface area (Å²) in [6.07, 6.45) is 0.570. The van der Waals surface area contributed by atoms with E-state index in [4.69, 9.17) is 21.1 Å². The maximum absolute atomic E-state index is 14.0. The first-order valence-electron chi connectivity index (χ1n) is 10.0. The van der Waals surface area contributed by atoms with E-state index < -0.39 is 17.5 Å². The van der Waals surface area contributed by atoms with Gasteiger partial charge < -0.3 is 14.6 Å². The van der Waals surface area contributed by atoms with Gasteiger partial charge in [-0.2, -0.15) is 0 Å². The lowest BCUT2D eigenvalue weighted by molar-refractivity contribution is -0.132. The predicted molar refractivity (Wildman–Crippen MR) is 114 cm³/mol. The zero-order chi connectivity index (χ0) is 21.6. The molecule has 30 heavy (non-hydrogen) atoms. The van der Waals surface area contributed by atoms with Crippen LogP contribution < -0.4 is 0 Å². The second-order valence-corrected chi connectivity index (χ2v) is 8.45. The number of carbonyl (C=O) groups is 1. The number of aliphatic hydroxyl groups is 1. The Kier molecular flexibility index (Phi) is 5.47. The minimum atomic E-state index is -0.975. The third kappa shape index (κ3) is 3.25. The lowest BCUT2D eigenvalue weighted by Gasteiger charge is -2.34. The van der Waals surface area contributed by atoms with E-state index in [9.17, 15) is 14.3 Å². The zero-order valence-corrected chi connectivity index (χ0v) is 17.9. The number of hydrogen-bond donors (Lipinski definition) is 1. The summed E-state index contributed by atoms with van der Waals surface area (Å²) in [6.45, 7) is 4.19. The Balaban J connectivity index is 1.87. The van der Waals surface area contributed by atoms with E-state index >= 15 is 0 Å². The van der Waals surface area contributed by atoms with Gasteiger partial charge in [0.25, 0.3) is 0 Å². The van der Waals surface area contributed by atoms with Crippen molar-refractivity contribution >= 4 is 23.0 Å². The Hall–Kier alpha value is -2.21. The van der Waals surface area contributed by atoms with Gasteiger partial charge in [-0.05, 0) is 60.2 Å². The number of ether oxygens (including phenoxy) is 2. The molecule has 1 fully saturated rings. The standard InChI is InChI=1S/C24H24ClFO4/c1-4-13-5-6-14(15-7-8-18(25)19(26)10-15)9-17(13)21-22(27)20-11-16(12-29-3)24(2,30-20)23(21)28/h5-10,16,20,28H,4,11-12H2,1-3H3. The van der Waals surface area contributed by atoms with Crippen LogP contribution in [0.3, 0.4) is 0 Å². The van der Waals surface area contributed by atoms with E-state index in [1.165, 1.54) is 12.1 Å². The van der Waals surface area contributed by atoms with Crippen LogP contribution in [0, 0.1) is 11.7 Å². The van der Waals surface area contributed by atoms with Crippen LogP contribution in [0.5, 0.6) is 0 Å². The van der Waals surface area contributed by atoms with Crippen LogP contribution in [-0.4, -0.2) is 36.3 Å². The number of carbonyl (C=O) groups excluding carboxylic acids is 1. The molecule has 1 saturated heterocycles. The number of fused-ring (bicyclic) bond motifs is 2. The van der Waals surface area contributed by atoms with Gasteiger partial charge in [0, 0.05) is 13.0 Å². The maximum Gasteiger partial charge on any atom is 0.195 e. The average molecular weight is 431 g/mol. The van der Waals surface area contributed by atoms with Crippen LogP contribution in [0.4, 0.5) is 4.39 Å². The highest BCUT2D eigenvalue weighted by Crippen LogP contribution is 2.49. The molecule has 4 rings (SSSR count). The number of methoxy groups -OCH3 is 1. The molecule has 158 valence electrons. The third-order valence-electron chi connectivity index (χ3n) is 6.29. The van der Waals surface area contributed by atoms with Crippen molar-refractivity contribution < 1.29 is 23.8 Å². The average Bonchev–Trinajstić information content (AvgIpc) is 3.04. The van der Waals surface area contributed by atoms with Crippen molar-refractivity contribution in [3.05, 3.63) is 64.1 Å². The smallest absolute Gasteiger partial charge is 0.195 e. The van der Waals surface area contributed by atoms with Gasteiger partial charge in [-0.3, -0.25) is 4.79 Å². The second-order valence-electron chi connectivity index (χ2n) is 8.04. The van der Waals surface area contributed by atoms with Gasteiger partial charge in [0.1, 0.15) is 23.3 Å². The SMILES string of the molecule is CCc1ccc(-c2ccc(Cl)c(F)c2)cc1C1=C(O)C2(C)OC(CC2COC)C1=O. The maximum atomic E-state index is 14.0. The number of aryl methyl sites for hydroxylation is 1. The highest BCUT2D eigenvalue weighted by molar-refractivity contribution is 6.30. The van der Waals surface area contributed by atoms with Crippen molar-refractivity contribution in [2.45, 2.75) is 38.4 Å². The van der Waals surface area contributed by atoms with E-state index in [2.05, 4.69) is 0 Å². The first kappa shape index (κ1) is 21.0. The monoisotopic (exact) mass is 430 g/mol. The van der Waals surface area contributed by atoms with E-state index in [-0.39, 0.29) is 22.5 Å². The van der Waals surface area contributed by atoms with Gasteiger partial charge in [0.15, 0.2) is 5.78 Å². The normalized spacial score (nSPS) is 25.8. The Morgan fingerprint density at radius 3 is 2.63 bits per heavy atom. The fourth-order valence-electron chi connectivity index (χ4n) is 4.52. The molecule has 2 aliphatic rings. The minimum absolute atomic E-state index is 0.0535. The lowest BCUT2D eigenvalue weighted by Crippen LogP contribution is -2.41.